The van der Waals surface area contributed by atoms with Crippen LogP contribution in [0.15, 0.2) is 24.3 Å². The summed E-state index contributed by atoms with van der Waals surface area (Å²) in [5, 5.41) is 2.88. The molecule has 0 spiro atoms. The van der Waals surface area contributed by atoms with Gasteiger partial charge in [0.15, 0.2) is 0 Å². The summed E-state index contributed by atoms with van der Waals surface area (Å²) in [6.07, 6.45) is 2.06. The highest BCUT2D eigenvalue weighted by Gasteiger charge is 2.35. The van der Waals surface area contributed by atoms with E-state index in [0.29, 0.717) is 26.2 Å². The van der Waals surface area contributed by atoms with Crippen LogP contribution in [0.4, 0.5) is 0 Å². The highest BCUT2D eigenvalue weighted by atomic mass is 16.5. The van der Waals surface area contributed by atoms with Gasteiger partial charge < -0.3 is 15.0 Å². The van der Waals surface area contributed by atoms with Gasteiger partial charge in [-0.15, -0.1) is 0 Å². The molecule has 22 heavy (non-hydrogen) atoms. The number of carbonyl (C=O) groups excluding carboxylic acids is 2. The third-order valence-electron chi connectivity index (χ3n) is 4.42. The molecule has 118 valence electrons. The normalized spacial score (nSPS) is 24.0. The summed E-state index contributed by atoms with van der Waals surface area (Å²) in [5.41, 5.74) is 1.94. The summed E-state index contributed by atoms with van der Waals surface area (Å²) in [4.78, 5) is 26.9. The van der Waals surface area contributed by atoms with Gasteiger partial charge in [0.05, 0.1) is 0 Å². The van der Waals surface area contributed by atoms with Gasteiger partial charge in [0.2, 0.25) is 11.8 Å². The number of hydrogen-bond donors (Lipinski definition) is 1. The van der Waals surface area contributed by atoms with Gasteiger partial charge in [0.25, 0.3) is 0 Å². The zero-order valence-electron chi connectivity index (χ0n) is 12.9. The van der Waals surface area contributed by atoms with Gasteiger partial charge in [0.1, 0.15) is 6.04 Å². The zero-order valence-corrected chi connectivity index (χ0v) is 12.9. The Morgan fingerprint density at radius 1 is 1.23 bits per heavy atom. The fourth-order valence-corrected chi connectivity index (χ4v) is 3.23. The highest BCUT2D eigenvalue weighted by Crippen LogP contribution is 2.24. The van der Waals surface area contributed by atoms with Gasteiger partial charge in [-0.1, -0.05) is 29.8 Å². The average Bonchev–Trinajstić information content (AvgIpc) is 2.67. The maximum absolute atomic E-state index is 13.0. The average molecular weight is 302 g/mol. The number of amides is 2. The molecule has 2 saturated heterocycles. The van der Waals surface area contributed by atoms with Crippen LogP contribution in [0.5, 0.6) is 0 Å². The molecule has 0 saturated carbocycles. The molecule has 2 aliphatic heterocycles. The summed E-state index contributed by atoms with van der Waals surface area (Å²) in [6.45, 7) is 3.86. The Balaban J connectivity index is 1.87. The topological polar surface area (TPSA) is 58.6 Å². The SMILES string of the molecule is Cc1cccc(C2NC(=O)CCN(C3CCOCC3)C2=O)c1. The number of benzene rings is 1. The molecular formula is C17H22N2O3. The molecular weight excluding hydrogens is 280 g/mol. The molecule has 1 atom stereocenters. The van der Waals surface area contributed by atoms with Crippen LogP contribution in [-0.4, -0.2) is 42.5 Å². The van der Waals surface area contributed by atoms with E-state index in [9.17, 15) is 9.59 Å². The molecule has 0 aromatic heterocycles. The Bertz CT molecular complexity index is 567. The van der Waals surface area contributed by atoms with Crippen LogP contribution in [0.1, 0.15) is 36.4 Å². The second-order valence-electron chi connectivity index (χ2n) is 6.04. The van der Waals surface area contributed by atoms with Crippen LogP contribution in [0, 0.1) is 6.92 Å². The van der Waals surface area contributed by atoms with Gasteiger partial charge in [-0.2, -0.15) is 0 Å². The third-order valence-corrected chi connectivity index (χ3v) is 4.42. The quantitative estimate of drug-likeness (QED) is 0.902. The molecule has 1 aromatic carbocycles. The molecule has 0 aliphatic carbocycles. The number of aryl methyl sites for hydroxylation is 1. The molecule has 0 radical (unpaired) electrons. The van der Waals surface area contributed by atoms with Crippen molar-refractivity contribution < 1.29 is 14.3 Å². The first kappa shape index (κ1) is 15.0. The Hall–Kier alpha value is -1.88. The third kappa shape index (κ3) is 3.14. The molecule has 3 rings (SSSR count). The molecule has 2 fully saturated rings. The summed E-state index contributed by atoms with van der Waals surface area (Å²) in [6, 6.07) is 7.40. The van der Waals surface area contributed by atoms with E-state index in [-0.39, 0.29) is 17.9 Å². The van der Waals surface area contributed by atoms with E-state index in [1.807, 2.05) is 36.1 Å². The lowest BCUT2D eigenvalue weighted by Gasteiger charge is -2.34. The van der Waals surface area contributed by atoms with Crippen molar-refractivity contribution in [2.45, 2.75) is 38.3 Å². The van der Waals surface area contributed by atoms with Crippen molar-refractivity contribution in [1.29, 1.82) is 0 Å². The first-order valence-corrected chi connectivity index (χ1v) is 7.89. The zero-order chi connectivity index (χ0) is 15.5. The second kappa shape index (κ2) is 6.48. The van der Waals surface area contributed by atoms with Crippen molar-refractivity contribution in [3.05, 3.63) is 35.4 Å². The minimum absolute atomic E-state index is 0.00310. The van der Waals surface area contributed by atoms with Crippen molar-refractivity contribution in [3.63, 3.8) is 0 Å². The highest BCUT2D eigenvalue weighted by molar-refractivity contribution is 5.91. The molecule has 1 N–H and O–H groups in total. The van der Waals surface area contributed by atoms with E-state index in [2.05, 4.69) is 5.32 Å². The number of hydrogen-bond acceptors (Lipinski definition) is 3. The Morgan fingerprint density at radius 3 is 2.73 bits per heavy atom. The van der Waals surface area contributed by atoms with E-state index in [0.717, 1.165) is 24.0 Å². The minimum Gasteiger partial charge on any atom is -0.381 e. The Kier molecular flexibility index (Phi) is 4.43. The van der Waals surface area contributed by atoms with Gasteiger partial charge in [0, 0.05) is 32.2 Å². The largest absolute Gasteiger partial charge is 0.381 e. The van der Waals surface area contributed by atoms with Crippen molar-refractivity contribution >= 4 is 11.8 Å². The fourth-order valence-electron chi connectivity index (χ4n) is 3.23. The molecule has 1 aromatic rings. The lowest BCUT2D eigenvalue weighted by Crippen LogP contribution is -2.46. The predicted octanol–water partition coefficient (Wildman–Crippen LogP) is 1.56. The fraction of sp³-hybridized carbons (Fsp3) is 0.529. The lowest BCUT2D eigenvalue weighted by molar-refractivity contribution is -0.137. The Morgan fingerprint density at radius 2 is 2.00 bits per heavy atom. The summed E-state index contributed by atoms with van der Waals surface area (Å²) < 4.78 is 5.38. The number of carbonyl (C=O) groups is 2. The second-order valence-corrected chi connectivity index (χ2v) is 6.04. The van der Waals surface area contributed by atoms with Gasteiger partial charge >= 0.3 is 0 Å². The van der Waals surface area contributed by atoms with Gasteiger partial charge in [-0.25, -0.2) is 0 Å². The monoisotopic (exact) mass is 302 g/mol. The predicted molar refractivity (Wildman–Crippen MR) is 82.2 cm³/mol. The number of ether oxygens (including phenoxy) is 1. The van der Waals surface area contributed by atoms with Gasteiger partial charge in [-0.05, 0) is 25.3 Å². The molecule has 0 bridgehead atoms. The van der Waals surface area contributed by atoms with Gasteiger partial charge in [-0.3, -0.25) is 9.59 Å². The first-order valence-electron chi connectivity index (χ1n) is 7.89. The molecule has 2 amide bonds. The van der Waals surface area contributed by atoms with Crippen LogP contribution >= 0.6 is 0 Å². The molecule has 1 unspecified atom stereocenters. The van der Waals surface area contributed by atoms with Crippen LogP contribution in [0.2, 0.25) is 0 Å². The molecule has 2 heterocycles. The molecule has 5 heteroatoms. The standard InChI is InChI=1S/C17H22N2O3/c1-12-3-2-4-13(11-12)16-17(21)19(8-5-15(20)18-16)14-6-9-22-10-7-14/h2-4,11,14,16H,5-10H2,1H3,(H,18,20). The lowest BCUT2D eigenvalue weighted by atomic mass is 10.0. The van der Waals surface area contributed by atoms with E-state index in [4.69, 9.17) is 4.74 Å². The van der Waals surface area contributed by atoms with E-state index >= 15 is 0 Å². The van der Waals surface area contributed by atoms with E-state index in [1.54, 1.807) is 0 Å². The maximum Gasteiger partial charge on any atom is 0.250 e. The summed E-state index contributed by atoms with van der Waals surface area (Å²) in [7, 11) is 0. The molecule has 2 aliphatic rings. The summed E-state index contributed by atoms with van der Waals surface area (Å²) >= 11 is 0. The molecule has 5 nitrogen and oxygen atoms in total. The Labute approximate surface area is 130 Å². The van der Waals surface area contributed by atoms with E-state index < -0.39 is 6.04 Å². The van der Waals surface area contributed by atoms with Crippen molar-refractivity contribution in [3.8, 4) is 0 Å². The number of nitrogens with one attached hydrogen (secondary N) is 1. The van der Waals surface area contributed by atoms with Crippen LogP contribution in [0.25, 0.3) is 0 Å². The van der Waals surface area contributed by atoms with Crippen LogP contribution < -0.4 is 5.32 Å². The van der Waals surface area contributed by atoms with Crippen molar-refractivity contribution in [2.24, 2.45) is 0 Å². The van der Waals surface area contributed by atoms with Crippen molar-refractivity contribution in [2.75, 3.05) is 19.8 Å². The first-order chi connectivity index (χ1) is 10.6. The maximum atomic E-state index is 13.0. The van der Waals surface area contributed by atoms with E-state index in [1.165, 1.54) is 0 Å². The van der Waals surface area contributed by atoms with Crippen LogP contribution in [0.3, 0.4) is 0 Å². The van der Waals surface area contributed by atoms with Crippen molar-refractivity contribution in [1.82, 2.24) is 10.2 Å². The number of rotatable bonds is 2. The number of nitrogens with zero attached hydrogens (tertiary/aromatic N) is 1. The smallest absolute Gasteiger partial charge is 0.250 e. The summed E-state index contributed by atoms with van der Waals surface area (Å²) in [5.74, 6) is -0.0576. The van der Waals surface area contributed by atoms with Crippen LogP contribution in [-0.2, 0) is 14.3 Å². The minimum atomic E-state index is -0.572.